The van der Waals surface area contributed by atoms with Crippen LogP contribution in [-0.4, -0.2) is 59.0 Å². The lowest BCUT2D eigenvalue weighted by Gasteiger charge is -2.30. The van der Waals surface area contributed by atoms with Crippen molar-refractivity contribution < 1.29 is 17.7 Å². The summed E-state index contributed by atoms with van der Waals surface area (Å²) < 4.78 is 40.6. The van der Waals surface area contributed by atoms with Crippen molar-refractivity contribution in [2.75, 3.05) is 26.8 Å². The molecule has 0 saturated carbocycles. The first kappa shape index (κ1) is 20.7. The highest BCUT2D eigenvalue weighted by Gasteiger charge is 2.35. The molecular formula is C17H27N5O5S. The van der Waals surface area contributed by atoms with E-state index in [1.165, 1.54) is 8.99 Å². The van der Waals surface area contributed by atoms with Crippen LogP contribution in [-0.2, 0) is 27.8 Å². The van der Waals surface area contributed by atoms with Crippen LogP contribution in [0.2, 0.25) is 0 Å². The molecule has 0 aromatic carbocycles. The van der Waals surface area contributed by atoms with Crippen molar-refractivity contribution in [2.24, 2.45) is 0 Å². The number of aryl methyl sites for hydroxylation is 2. The highest BCUT2D eigenvalue weighted by molar-refractivity contribution is 7.89. The van der Waals surface area contributed by atoms with Crippen molar-refractivity contribution in [1.82, 2.24) is 23.8 Å². The van der Waals surface area contributed by atoms with Gasteiger partial charge in [-0.05, 0) is 33.6 Å². The van der Waals surface area contributed by atoms with Gasteiger partial charge in [0.25, 0.3) is 0 Å². The molecule has 0 amide bonds. The molecule has 1 aliphatic rings. The summed E-state index contributed by atoms with van der Waals surface area (Å²) in [4.78, 5) is 12.7. The van der Waals surface area contributed by atoms with E-state index in [9.17, 15) is 13.2 Å². The minimum Gasteiger partial charge on any atom is -0.383 e. The van der Waals surface area contributed by atoms with Crippen molar-refractivity contribution in [3.8, 4) is 0 Å². The first-order valence-corrected chi connectivity index (χ1v) is 10.8. The molecule has 10 nitrogen and oxygen atoms in total. The summed E-state index contributed by atoms with van der Waals surface area (Å²) in [5, 5.41) is 8.26. The number of methoxy groups -OCH3 is 1. The number of ether oxygens (including phenoxy) is 1. The number of hydrogen-bond donors (Lipinski definition) is 0. The topological polar surface area (TPSA) is 112 Å². The second-order valence-corrected chi connectivity index (χ2v) is 8.81. The molecule has 1 saturated heterocycles. The minimum atomic E-state index is -3.65. The van der Waals surface area contributed by atoms with Gasteiger partial charge in [0.1, 0.15) is 16.4 Å². The molecule has 3 rings (SSSR count). The number of aromatic nitrogens is 4. The molecule has 11 heteroatoms. The Hall–Kier alpha value is -1.98. The molecule has 28 heavy (non-hydrogen) atoms. The minimum absolute atomic E-state index is 0.0348. The third-order valence-corrected chi connectivity index (χ3v) is 7.30. The Labute approximate surface area is 164 Å². The van der Waals surface area contributed by atoms with Crippen molar-refractivity contribution >= 4 is 10.0 Å². The van der Waals surface area contributed by atoms with E-state index in [0.29, 0.717) is 57.1 Å². The van der Waals surface area contributed by atoms with Crippen LogP contribution in [0.3, 0.4) is 0 Å². The predicted molar refractivity (Wildman–Crippen MR) is 101 cm³/mol. The van der Waals surface area contributed by atoms with Crippen LogP contribution in [0, 0.1) is 13.8 Å². The van der Waals surface area contributed by atoms with Gasteiger partial charge in [0.2, 0.25) is 10.0 Å². The van der Waals surface area contributed by atoms with Gasteiger partial charge in [0.05, 0.1) is 13.2 Å². The normalized spacial score (nSPS) is 16.7. The Balaban J connectivity index is 1.78. The first-order valence-electron chi connectivity index (χ1n) is 9.40. The lowest BCUT2D eigenvalue weighted by Crippen LogP contribution is -2.39. The van der Waals surface area contributed by atoms with Gasteiger partial charge in [-0.2, -0.15) is 9.40 Å². The molecule has 0 N–H and O–H groups in total. The fourth-order valence-electron chi connectivity index (χ4n) is 3.71. The number of rotatable bonds is 7. The van der Waals surface area contributed by atoms with Crippen molar-refractivity contribution in [3.63, 3.8) is 0 Å². The maximum Gasteiger partial charge on any atom is 0.345 e. The molecule has 0 bridgehead atoms. The number of piperidine rings is 1. The molecular weight excluding hydrogens is 386 g/mol. The highest BCUT2D eigenvalue weighted by atomic mass is 32.2. The summed E-state index contributed by atoms with van der Waals surface area (Å²) in [6.45, 7) is 7.20. The standard InChI is InChI=1S/C17H27N5O5S/c1-5-21-16(18-22(17(21)23)10-11-26-4)14-6-8-20(9-7-14)28(24,25)15-12(2)19-27-13(15)3/h14H,5-11H2,1-4H3. The third-order valence-electron chi connectivity index (χ3n) is 5.16. The van der Waals surface area contributed by atoms with E-state index in [1.54, 1.807) is 25.5 Å². The quantitative estimate of drug-likeness (QED) is 0.662. The molecule has 0 aliphatic carbocycles. The van der Waals surface area contributed by atoms with Crippen LogP contribution in [0.15, 0.2) is 14.2 Å². The Morgan fingerprint density at radius 1 is 1.25 bits per heavy atom. The molecule has 1 fully saturated rings. The van der Waals surface area contributed by atoms with Gasteiger partial charge in [-0.3, -0.25) is 4.57 Å². The molecule has 0 atom stereocenters. The van der Waals surface area contributed by atoms with E-state index in [2.05, 4.69) is 10.3 Å². The molecule has 3 heterocycles. The van der Waals surface area contributed by atoms with E-state index in [-0.39, 0.29) is 16.5 Å². The van der Waals surface area contributed by atoms with E-state index < -0.39 is 10.0 Å². The van der Waals surface area contributed by atoms with Crippen LogP contribution in [0.25, 0.3) is 0 Å². The lowest BCUT2D eigenvalue weighted by molar-refractivity contribution is 0.182. The smallest absolute Gasteiger partial charge is 0.345 e. The Kier molecular flexibility index (Phi) is 6.06. The zero-order valence-corrected chi connectivity index (χ0v) is 17.5. The van der Waals surface area contributed by atoms with E-state index in [1.807, 2.05) is 6.92 Å². The Morgan fingerprint density at radius 2 is 1.93 bits per heavy atom. The number of nitrogens with zero attached hydrogens (tertiary/aromatic N) is 5. The van der Waals surface area contributed by atoms with Gasteiger partial charge >= 0.3 is 5.69 Å². The van der Waals surface area contributed by atoms with E-state index in [4.69, 9.17) is 9.26 Å². The van der Waals surface area contributed by atoms with Gasteiger partial charge in [0, 0.05) is 32.7 Å². The molecule has 0 radical (unpaired) electrons. The molecule has 2 aromatic rings. The molecule has 1 aliphatic heterocycles. The van der Waals surface area contributed by atoms with Crippen LogP contribution >= 0.6 is 0 Å². The summed E-state index contributed by atoms with van der Waals surface area (Å²) in [6.07, 6.45) is 1.20. The number of sulfonamides is 1. The summed E-state index contributed by atoms with van der Waals surface area (Å²) in [6, 6.07) is 0. The predicted octanol–water partition coefficient (Wildman–Crippen LogP) is 0.884. The molecule has 2 aromatic heterocycles. The summed E-state index contributed by atoms with van der Waals surface area (Å²) in [7, 11) is -2.07. The van der Waals surface area contributed by atoms with Crippen LogP contribution in [0.1, 0.15) is 43.0 Å². The van der Waals surface area contributed by atoms with Gasteiger partial charge < -0.3 is 9.26 Å². The van der Waals surface area contributed by atoms with Gasteiger partial charge in [-0.25, -0.2) is 17.9 Å². The van der Waals surface area contributed by atoms with Gasteiger partial charge in [-0.15, -0.1) is 0 Å². The average Bonchev–Trinajstić information content (AvgIpc) is 3.19. The zero-order chi connectivity index (χ0) is 20.5. The SMILES string of the molecule is CCn1c(C2CCN(S(=O)(=O)c3c(C)noc3C)CC2)nn(CCOC)c1=O. The van der Waals surface area contributed by atoms with E-state index in [0.717, 1.165) is 5.82 Å². The average molecular weight is 414 g/mol. The van der Waals surface area contributed by atoms with E-state index >= 15 is 0 Å². The highest BCUT2D eigenvalue weighted by Crippen LogP contribution is 2.31. The summed E-state index contributed by atoms with van der Waals surface area (Å²) in [5.74, 6) is 1.06. The second-order valence-electron chi connectivity index (χ2n) is 6.93. The second kappa shape index (κ2) is 8.18. The van der Waals surface area contributed by atoms with Crippen molar-refractivity contribution in [3.05, 3.63) is 27.8 Å². The van der Waals surface area contributed by atoms with Gasteiger partial charge in [-0.1, -0.05) is 5.16 Å². The zero-order valence-electron chi connectivity index (χ0n) is 16.7. The van der Waals surface area contributed by atoms with Crippen LogP contribution in [0.5, 0.6) is 0 Å². The Bertz CT molecular complexity index is 963. The molecule has 0 unspecified atom stereocenters. The fourth-order valence-corrected chi connectivity index (χ4v) is 5.47. The third kappa shape index (κ3) is 3.65. The Morgan fingerprint density at radius 3 is 2.46 bits per heavy atom. The number of hydrogen-bond acceptors (Lipinski definition) is 7. The monoisotopic (exact) mass is 413 g/mol. The lowest BCUT2D eigenvalue weighted by atomic mass is 9.97. The maximum absolute atomic E-state index is 13.0. The maximum atomic E-state index is 13.0. The largest absolute Gasteiger partial charge is 0.383 e. The van der Waals surface area contributed by atoms with Crippen LogP contribution < -0.4 is 5.69 Å². The summed E-state index contributed by atoms with van der Waals surface area (Å²) >= 11 is 0. The molecule has 156 valence electrons. The van der Waals surface area contributed by atoms with Gasteiger partial charge in [0.15, 0.2) is 5.76 Å². The summed E-state index contributed by atoms with van der Waals surface area (Å²) in [5.41, 5.74) is 0.219. The van der Waals surface area contributed by atoms with Crippen LogP contribution in [0.4, 0.5) is 0 Å². The first-order chi connectivity index (χ1) is 13.3. The van der Waals surface area contributed by atoms with Crippen molar-refractivity contribution in [1.29, 1.82) is 0 Å². The fraction of sp³-hybridized carbons (Fsp3) is 0.706. The van der Waals surface area contributed by atoms with Crippen molar-refractivity contribution in [2.45, 2.75) is 57.5 Å². The molecule has 0 spiro atoms.